The number of benzene rings is 1. The van der Waals surface area contributed by atoms with Crippen molar-refractivity contribution in [1.82, 2.24) is 0 Å². The minimum absolute atomic E-state index is 0.261. The Kier molecular flexibility index (Phi) is 4.81. The zero-order valence-electron chi connectivity index (χ0n) is 10.9. The Labute approximate surface area is 110 Å². The van der Waals surface area contributed by atoms with Crippen molar-refractivity contribution in [3.05, 3.63) is 29.8 Å². The van der Waals surface area contributed by atoms with Crippen molar-refractivity contribution in [2.24, 2.45) is 11.1 Å². The van der Waals surface area contributed by atoms with Crippen molar-refractivity contribution in [3.63, 3.8) is 0 Å². The molecule has 3 N–H and O–H groups in total. The first-order valence-corrected chi connectivity index (χ1v) is 5.89. The Morgan fingerprint density at radius 3 is 2.16 bits per heavy atom. The van der Waals surface area contributed by atoms with Crippen LogP contribution < -0.4 is 10.5 Å². The molecule has 0 amide bonds. The van der Waals surface area contributed by atoms with Crippen LogP contribution in [0.2, 0.25) is 0 Å². The van der Waals surface area contributed by atoms with Crippen molar-refractivity contribution < 1.29 is 23.0 Å². The Bertz CT molecular complexity index is 403. The summed E-state index contributed by atoms with van der Waals surface area (Å²) in [5.74, 6) is -0.261. The standard InChI is InChI=1S/C13H18F3NO2/c1-9(18)12(2,8-17)7-10-3-5-11(6-4-10)19-13(14,15)16/h3-6,9,18H,7-8,17H2,1-2H3. The van der Waals surface area contributed by atoms with Crippen molar-refractivity contribution in [3.8, 4) is 5.75 Å². The molecule has 1 rings (SSSR count). The molecule has 0 aromatic heterocycles. The fourth-order valence-corrected chi connectivity index (χ4v) is 1.67. The third-order valence-corrected chi connectivity index (χ3v) is 3.24. The first-order chi connectivity index (χ1) is 8.66. The average molecular weight is 277 g/mol. The maximum absolute atomic E-state index is 12.0. The number of halogens is 3. The molecule has 0 spiro atoms. The van der Waals surface area contributed by atoms with Gasteiger partial charge in [-0.2, -0.15) is 0 Å². The molecule has 2 unspecified atom stereocenters. The average Bonchev–Trinajstić information content (AvgIpc) is 2.29. The molecule has 2 atom stereocenters. The normalized spacial score (nSPS) is 16.8. The Morgan fingerprint density at radius 1 is 1.26 bits per heavy atom. The van der Waals surface area contributed by atoms with Crippen LogP contribution in [0.3, 0.4) is 0 Å². The van der Waals surface area contributed by atoms with Crippen molar-refractivity contribution in [2.45, 2.75) is 32.7 Å². The molecule has 6 heteroatoms. The second kappa shape index (κ2) is 5.79. The predicted octanol–water partition coefficient (Wildman–Crippen LogP) is 2.47. The molecule has 0 aliphatic rings. The van der Waals surface area contributed by atoms with E-state index in [0.29, 0.717) is 6.42 Å². The van der Waals surface area contributed by atoms with E-state index in [2.05, 4.69) is 4.74 Å². The summed E-state index contributed by atoms with van der Waals surface area (Å²) in [5, 5.41) is 9.69. The van der Waals surface area contributed by atoms with E-state index in [1.807, 2.05) is 6.92 Å². The van der Waals surface area contributed by atoms with E-state index >= 15 is 0 Å². The molecule has 0 heterocycles. The first-order valence-electron chi connectivity index (χ1n) is 5.89. The summed E-state index contributed by atoms with van der Waals surface area (Å²) >= 11 is 0. The highest BCUT2D eigenvalue weighted by Crippen LogP contribution is 2.28. The largest absolute Gasteiger partial charge is 0.573 e. The molecule has 19 heavy (non-hydrogen) atoms. The van der Waals surface area contributed by atoms with Gasteiger partial charge in [0.2, 0.25) is 0 Å². The van der Waals surface area contributed by atoms with Gasteiger partial charge in [0, 0.05) is 12.0 Å². The van der Waals surface area contributed by atoms with E-state index in [-0.39, 0.29) is 12.3 Å². The van der Waals surface area contributed by atoms with Gasteiger partial charge in [-0.3, -0.25) is 0 Å². The van der Waals surface area contributed by atoms with E-state index in [1.54, 1.807) is 6.92 Å². The van der Waals surface area contributed by atoms with E-state index < -0.39 is 17.9 Å². The van der Waals surface area contributed by atoms with Gasteiger partial charge < -0.3 is 15.6 Å². The van der Waals surface area contributed by atoms with Crippen LogP contribution in [-0.4, -0.2) is 24.1 Å². The quantitative estimate of drug-likeness (QED) is 0.869. The molecular formula is C13H18F3NO2. The fraction of sp³-hybridized carbons (Fsp3) is 0.538. The topological polar surface area (TPSA) is 55.5 Å². The van der Waals surface area contributed by atoms with Crippen LogP contribution >= 0.6 is 0 Å². The van der Waals surface area contributed by atoms with Gasteiger partial charge in [-0.15, -0.1) is 13.2 Å². The highest BCUT2D eigenvalue weighted by atomic mass is 19.4. The molecule has 3 nitrogen and oxygen atoms in total. The number of rotatable bonds is 5. The molecule has 0 aliphatic carbocycles. The lowest BCUT2D eigenvalue weighted by Crippen LogP contribution is -2.39. The monoisotopic (exact) mass is 277 g/mol. The maximum atomic E-state index is 12.0. The highest BCUT2D eigenvalue weighted by Gasteiger charge is 2.31. The van der Waals surface area contributed by atoms with Crippen molar-refractivity contribution in [1.29, 1.82) is 0 Å². The van der Waals surface area contributed by atoms with Crippen LogP contribution in [0.4, 0.5) is 13.2 Å². The number of nitrogens with two attached hydrogens (primary N) is 1. The predicted molar refractivity (Wildman–Crippen MR) is 65.7 cm³/mol. The Morgan fingerprint density at radius 2 is 1.79 bits per heavy atom. The lowest BCUT2D eigenvalue weighted by Gasteiger charge is -2.31. The van der Waals surface area contributed by atoms with Gasteiger partial charge in [-0.1, -0.05) is 19.1 Å². The third kappa shape index (κ3) is 4.72. The van der Waals surface area contributed by atoms with Crippen LogP contribution in [0.15, 0.2) is 24.3 Å². The molecule has 0 radical (unpaired) electrons. The van der Waals surface area contributed by atoms with Gasteiger partial charge in [-0.25, -0.2) is 0 Å². The smallest absolute Gasteiger partial charge is 0.406 e. The van der Waals surface area contributed by atoms with Gasteiger partial charge in [0.1, 0.15) is 5.75 Å². The molecule has 1 aromatic carbocycles. The second-order valence-electron chi connectivity index (χ2n) is 4.90. The van der Waals surface area contributed by atoms with Gasteiger partial charge in [-0.05, 0) is 31.0 Å². The van der Waals surface area contributed by atoms with E-state index in [4.69, 9.17) is 5.73 Å². The molecule has 108 valence electrons. The number of aliphatic hydroxyl groups excluding tert-OH is 1. The zero-order chi connectivity index (χ0) is 14.7. The summed E-state index contributed by atoms with van der Waals surface area (Å²) in [5.41, 5.74) is 5.92. The number of hydrogen-bond acceptors (Lipinski definition) is 3. The molecule has 0 fully saturated rings. The third-order valence-electron chi connectivity index (χ3n) is 3.24. The maximum Gasteiger partial charge on any atom is 0.573 e. The fourth-order valence-electron chi connectivity index (χ4n) is 1.67. The lowest BCUT2D eigenvalue weighted by atomic mass is 9.79. The molecule has 0 saturated heterocycles. The highest BCUT2D eigenvalue weighted by molar-refractivity contribution is 5.28. The van der Waals surface area contributed by atoms with Crippen LogP contribution in [0, 0.1) is 5.41 Å². The summed E-state index contributed by atoms with van der Waals surface area (Å²) in [4.78, 5) is 0. The lowest BCUT2D eigenvalue weighted by molar-refractivity contribution is -0.274. The van der Waals surface area contributed by atoms with Gasteiger partial charge in [0.05, 0.1) is 6.10 Å². The number of ether oxygens (including phenoxy) is 1. The Hall–Kier alpha value is -1.27. The van der Waals surface area contributed by atoms with Crippen LogP contribution in [0.5, 0.6) is 5.75 Å². The van der Waals surface area contributed by atoms with Gasteiger partial charge in [0.25, 0.3) is 0 Å². The summed E-state index contributed by atoms with van der Waals surface area (Å²) in [7, 11) is 0. The van der Waals surface area contributed by atoms with E-state index in [9.17, 15) is 18.3 Å². The molecule has 0 saturated carbocycles. The Balaban J connectivity index is 2.77. The number of hydrogen-bond donors (Lipinski definition) is 2. The SMILES string of the molecule is CC(O)C(C)(CN)Cc1ccc(OC(F)(F)F)cc1. The first kappa shape index (κ1) is 15.8. The van der Waals surface area contributed by atoms with Gasteiger partial charge >= 0.3 is 6.36 Å². The second-order valence-corrected chi connectivity index (χ2v) is 4.90. The summed E-state index contributed by atoms with van der Waals surface area (Å²) in [6.07, 6.45) is -4.82. The minimum atomic E-state index is -4.69. The van der Waals surface area contributed by atoms with Crippen LogP contribution in [-0.2, 0) is 6.42 Å². The van der Waals surface area contributed by atoms with E-state index in [0.717, 1.165) is 5.56 Å². The van der Waals surface area contributed by atoms with Crippen LogP contribution in [0.1, 0.15) is 19.4 Å². The number of aliphatic hydroxyl groups is 1. The molecule has 0 aliphatic heterocycles. The summed E-state index contributed by atoms with van der Waals surface area (Å²) in [6, 6.07) is 5.58. The van der Waals surface area contributed by atoms with E-state index in [1.165, 1.54) is 24.3 Å². The minimum Gasteiger partial charge on any atom is -0.406 e. The molecular weight excluding hydrogens is 259 g/mol. The molecule has 1 aromatic rings. The summed E-state index contributed by atoms with van der Waals surface area (Å²) < 4.78 is 39.8. The zero-order valence-corrected chi connectivity index (χ0v) is 10.9. The number of alkyl halides is 3. The molecule has 0 bridgehead atoms. The van der Waals surface area contributed by atoms with Gasteiger partial charge in [0.15, 0.2) is 0 Å². The van der Waals surface area contributed by atoms with Crippen LogP contribution in [0.25, 0.3) is 0 Å². The van der Waals surface area contributed by atoms with Crippen molar-refractivity contribution >= 4 is 0 Å². The van der Waals surface area contributed by atoms with Crippen molar-refractivity contribution in [2.75, 3.05) is 6.54 Å². The summed E-state index contributed by atoms with van der Waals surface area (Å²) in [6.45, 7) is 3.76.